The van der Waals surface area contributed by atoms with E-state index < -0.39 is 17.5 Å². The van der Waals surface area contributed by atoms with Gasteiger partial charge in [-0.1, -0.05) is 12.1 Å². The molecule has 2 N–H and O–H groups in total. The average Bonchev–Trinajstić information content (AvgIpc) is 2.54. The first-order valence-electron chi connectivity index (χ1n) is 7.20. The Morgan fingerprint density at radius 2 is 1.54 bits per heavy atom. The highest BCUT2D eigenvalue weighted by molar-refractivity contribution is 5.94. The Kier molecular flexibility index (Phi) is 5.95. The number of benzene rings is 2. The summed E-state index contributed by atoms with van der Waals surface area (Å²) in [5.41, 5.74) is 0.449. The Bertz CT molecular complexity index is 733. The standard InChI is InChI=1S/C17H15F3N2O2/c18-12-3-1-11(2-4-12)10-22-16(23)7-8-21-17(24)14-6-5-13(19)9-15(14)20/h1-6,9H,7-8,10H2,(H,21,24)(H,22,23). The van der Waals surface area contributed by atoms with Gasteiger partial charge in [0, 0.05) is 25.6 Å². The SMILES string of the molecule is O=C(CCNC(=O)c1ccc(F)cc1F)NCc1ccc(F)cc1. The van der Waals surface area contributed by atoms with Gasteiger partial charge >= 0.3 is 0 Å². The third kappa shape index (κ3) is 5.12. The second-order valence-electron chi connectivity index (χ2n) is 5.03. The van der Waals surface area contributed by atoms with E-state index in [1.54, 1.807) is 12.1 Å². The maximum Gasteiger partial charge on any atom is 0.254 e. The first kappa shape index (κ1) is 17.5. The molecular formula is C17H15F3N2O2. The van der Waals surface area contributed by atoms with Crippen molar-refractivity contribution in [3.63, 3.8) is 0 Å². The van der Waals surface area contributed by atoms with Gasteiger partial charge < -0.3 is 10.6 Å². The summed E-state index contributed by atoms with van der Waals surface area (Å²) in [4.78, 5) is 23.4. The molecule has 24 heavy (non-hydrogen) atoms. The molecule has 0 saturated carbocycles. The van der Waals surface area contributed by atoms with Crippen LogP contribution in [0.5, 0.6) is 0 Å². The molecule has 0 atom stereocenters. The molecule has 0 radical (unpaired) electrons. The summed E-state index contributed by atoms with van der Waals surface area (Å²) >= 11 is 0. The Balaban J connectivity index is 1.74. The van der Waals surface area contributed by atoms with Gasteiger partial charge in [-0.15, -0.1) is 0 Å². The van der Waals surface area contributed by atoms with Crippen molar-refractivity contribution < 1.29 is 22.8 Å². The molecule has 0 spiro atoms. The summed E-state index contributed by atoms with van der Waals surface area (Å²) in [5.74, 6) is -3.14. The van der Waals surface area contributed by atoms with E-state index in [9.17, 15) is 22.8 Å². The molecule has 0 aromatic heterocycles. The molecule has 0 unspecified atom stereocenters. The monoisotopic (exact) mass is 336 g/mol. The lowest BCUT2D eigenvalue weighted by molar-refractivity contribution is -0.121. The molecule has 0 saturated heterocycles. The van der Waals surface area contributed by atoms with Gasteiger partial charge in [-0.2, -0.15) is 0 Å². The second-order valence-corrected chi connectivity index (χ2v) is 5.03. The van der Waals surface area contributed by atoms with Crippen molar-refractivity contribution in [3.8, 4) is 0 Å². The molecule has 126 valence electrons. The maximum atomic E-state index is 13.4. The largest absolute Gasteiger partial charge is 0.352 e. The van der Waals surface area contributed by atoms with Gasteiger partial charge in [-0.05, 0) is 29.8 Å². The van der Waals surface area contributed by atoms with Crippen molar-refractivity contribution in [2.45, 2.75) is 13.0 Å². The number of carbonyl (C=O) groups is 2. The summed E-state index contributed by atoms with van der Waals surface area (Å²) < 4.78 is 38.9. The van der Waals surface area contributed by atoms with Crippen LogP contribution in [0.15, 0.2) is 42.5 Å². The zero-order chi connectivity index (χ0) is 17.5. The molecule has 2 rings (SSSR count). The van der Waals surface area contributed by atoms with Crippen molar-refractivity contribution in [2.24, 2.45) is 0 Å². The van der Waals surface area contributed by atoms with Crippen LogP contribution in [0.1, 0.15) is 22.3 Å². The lowest BCUT2D eigenvalue weighted by atomic mass is 10.2. The van der Waals surface area contributed by atoms with Gasteiger partial charge in [-0.3, -0.25) is 9.59 Å². The van der Waals surface area contributed by atoms with Crippen LogP contribution in [0.25, 0.3) is 0 Å². The average molecular weight is 336 g/mol. The van der Waals surface area contributed by atoms with Crippen molar-refractivity contribution in [1.82, 2.24) is 10.6 Å². The van der Waals surface area contributed by atoms with Crippen molar-refractivity contribution in [3.05, 3.63) is 71.0 Å². The predicted molar refractivity (Wildman–Crippen MR) is 81.6 cm³/mol. The van der Waals surface area contributed by atoms with Crippen molar-refractivity contribution in [2.75, 3.05) is 6.54 Å². The Morgan fingerprint density at radius 3 is 2.21 bits per heavy atom. The van der Waals surface area contributed by atoms with Crippen LogP contribution in [0.3, 0.4) is 0 Å². The van der Waals surface area contributed by atoms with Gasteiger partial charge in [0.1, 0.15) is 17.5 Å². The topological polar surface area (TPSA) is 58.2 Å². The lowest BCUT2D eigenvalue weighted by Crippen LogP contribution is -2.31. The molecule has 0 fully saturated rings. The molecule has 0 aliphatic carbocycles. The number of carbonyl (C=O) groups excluding carboxylic acids is 2. The lowest BCUT2D eigenvalue weighted by Gasteiger charge is -2.07. The normalized spacial score (nSPS) is 10.3. The summed E-state index contributed by atoms with van der Waals surface area (Å²) in [5, 5.41) is 5.00. The van der Waals surface area contributed by atoms with Crippen LogP contribution in [0.4, 0.5) is 13.2 Å². The van der Waals surface area contributed by atoms with Gasteiger partial charge in [0.15, 0.2) is 0 Å². The highest BCUT2D eigenvalue weighted by Crippen LogP contribution is 2.09. The van der Waals surface area contributed by atoms with Crippen LogP contribution < -0.4 is 10.6 Å². The molecule has 2 aromatic rings. The Morgan fingerprint density at radius 1 is 0.875 bits per heavy atom. The van der Waals surface area contributed by atoms with E-state index in [1.807, 2.05) is 0 Å². The molecule has 2 amide bonds. The predicted octanol–water partition coefficient (Wildman–Crippen LogP) is 2.54. The zero-order valence-corrected chi connectivity index (χ0v) is 12.6. The van der Waals surface area contributed by atoms with Crippen LogP contribution >= 0.6 is 0 Å². The number of nitrogens with one attached hydrogen (secondary N) is 2. The number of hydrogen-bond donors (Lipinski definition) is 2. The molecule has 0 bridgehead atoms. The van der Waals surface area contributed by atoms with Crippen LogP contribution in [-0.4, -0.2) is 18.4 Å². The summed E-state index contributed by atoms with van der Waals surface area (Å²) in [7, 11) is 0. The fourth-order valence-corrected chi connectivity index (χ4v) is 1.95. The summed E-state index contributed by atoms with van der Waals surface area (Å²) in [6.45, 7) is 0.241. The summed E-state index contributed by atoms with van der Waals surface area (Å²) in [6.07, 6.45) is -0.00422. The number of hydrogen-bond acceptors (Lipinski definition) is 2. The van der Waals surface area contributed by atoms with Crippen molar-refractivity contribution in [1.29, 1.82) is 0 Å². The highest BCUT2D eigenvalue weighted by atomic mass is 19.1. The number of amides is 2. The van der Waals surface area contributed by atoms with Crippen LogP contribution in [0, 0.1) is 17.5 Å². The van der Waals surface area contributed by atoms with E-state index >= 15 is 0 Å². The van der Waals surface area contributed by atoms with Gasteiger partial charge in [0.2, 0.25) is 5.91 Å². The van der Waals surface area contributed by atoms with E-state index in [-0.39, 0.29) is 36.8 Å². The Labute approximate surface area is 136 Å². The molecular weight excluding hydrogens is 321 g/mol. The first-order chi connectivity index (χ1) is 11.5. The number of halogens is 3. The minimum absolute atomic E-state index is 0.00422. The van der Waals surface area contributed by atoms with E-state index in [1.165, 1.54) is 12.1 Å². The van der Waals surface area contributed by atoms with Crippen LogP contribution in [-0.2, 0) is 11.3 Å². The third-order valence-corrected chi connectivity index (χ3v) is 3.22. The van der Waals surface area contributed by atoms with E-state index in [2.05, 4.69) is 10.6 Å². The molecule has 2 aromatic carbocycles. The third-order valence-electron chi connectivity index (χ3n) is 3.22. The van der Waals surface area contributed by atoms with Gasteiger partial charge in [0.25, 0.3) is 5.91 Å². The maximum absolute atomic E-state index is 13.4. The second kappa shape index (κ2) is 8.14. The fraction of sp³-hybridized carbons (Fsp3) is 0.176. The fourth-order valence-electron chi connectivity index (χ4n) is 1.95. The first-order valence-corrected chi connectivity index (χ1v) is 7.20. The van der Waals surface area contributed by atoms with Crippen LogP contribution in [0.2, 0.25) is 0 Å². The smallest absolute Gasteiger partial charge is 0.254 e. The zero-order valence-electron chi connectivity index (χ0n) is 12.6. The minimum Gasteiger partial charge on any atom is -0.352 e. The minimum atomic E-state index is -0.965. The molecule has 4 nitrogen and oxygen atoms in total. The van der Waals surface area contributed by atoms with Gasteiger partial charge in [0.05, 0.1) is 5.56 Å². The van der Waals surface area contributed by atoms with Crippen molar-refractivity contribution >= 4 is 11.8 Å². The summed E-state index contributed by atoms with van der Waals surface area (Å²) in [6, 6.07) is 8.31. The highest BCUT2D eigenvalue weighted by Gasteiger charge is 2.12. The van der Waals surface area contributed by atoms with Gasteiger partial charge in [-0.25, -0.2) is 13.2 Å². The molecule has 0 aliphatic heterocycles. The van der Waals surface area contributed by atoms with E-state index in [0.717, 1.165) is 17.7 Å². The number of rotatable bonds is 6. The van der Waals surface area contributed by atoms with E-state index in [0.29, 0.717) is 6.07 Å². The molecule has 0 heterocycles. The molecule has 7 heteroatoms. The molecule has 0 aliphatic rings. The Hall–Kier alpha value is -2.83. The van der Waals surface area contributed by atoms with E-state index in [4.69, 9.17) is 0 Å². The quantitative estimate of drug-likeness (QED) is 0.852.